The Hall–Kier alpha value is -3.07. The summed E-state index contributed by atoms with van der Waals surface area (Å²) in [7, 11) is 2.92. The first-order valence-corrected chi connectivity index (χ1v) is 7.95. The van der Waals surface area contributed by atoms with Crippen LogP contribution < -0.4 is 20.3 Å². The molecular formula is C16H16N2O6S. The summed E-state index contributed by atoms with van der Waals surface area (Å²) >= 11 is 1.23. The molecule has 0 aliphatic carbocycles. The van der Waals surface area contributed by atoms with Gasteiger partial charge in [0.25, 0.3) is 11.8 Å². The van der Waals surface area contributed by atoms with Crippen LogP contribution in [0, 0.1) is 0 Å². The van der Waals surface area contributed by atoms with Gasteiger partial charge in [-0.2, -0.15) is 0 Å². The molecule has 8 nitrogen and oxygen atoms in total. The number of hydrogen-bond acceptors (Lipinski definition) is 7. The molecule has 0 aliphatic heterocycles. The highest BCUT2D eigenvalue weighted by atomic mass is 32.1. The second kappa shape index (κ2) is 8.69. The predicted octanol–water partition coefficient (Wildman–Crippen LogP) is 1.38. The van der Waals surface area contributed by atoms with Crippen LogP contribution in [0.15, 0.2) is 35.7 Å². The molecule has 2 N–H and O–H groups in total. The molecule has 0 unspecified atom stereocenters. The van der Waals surface area contributed by atoms with Crippen molar-refractivity contribution >= 4 is 29.1 Å². The fraction of sp³-hybridized carbons (Fsp3) is 0.188. The van der Waals surface area contributed by atoms with E-state index in [1.54, 1.807) is 23.6 Å². The molecule has 1 aromatic carbocycles. The van der Waals surface area contributed by atoms with E-state index < -0.39 is 24.4 Å². The van der Waals surface area contributed by atoms with E-state index in [1.807, 2.05) is 0 Å². The topological polar surface area (TPSA) is 103 Å². The summed E-state index contributed by atoms with van der Waals surface area (Å²) in [6.45, 7) is -0.544. The largest absolute Gasteiger partial charge is 0.493 e. The normalized spacial score (nSPS) is 9.84. The molecule has 25 heavy (non-hydrogen) atoms. The number of esters is 1. The fourth-order valence-corrected chi connectivity index (χ4v) is 2.43. The van der Waals surface area contributed by atoms with Gasteiger partial charge in [0.05, 0.1) is 24.7 Å². The van der Waals surface area contributed by atoms with E-state index in [2.05, 4.69) is 10.9 Å². The summed E-state index contributed by atoms with van der Waals surface area (Å²) in [5, 5.41) is 1.74. The van der Waals surface area contributed by atoms with Gasteiger partial charge in [-0.15, -0.1) is 11.3 Å². The molecule has 0 spiro atoms. The second-order valence-corrected chi connectivity index (χ2v) is 5.57. The van der Waals surface area contributed by atoms with Gasteiger partial charge in [-0.3, -0.25) is 20.4 Å². The summed E-state index contributed by atoms with van der Waals surface area (Å²) in [5.41, 5.74) is 4.59. The summed E-state index contributed by atoms with van der Waals surface area (Å²) in [5.74, 6) is -0.994. The predicted molar refractivity (Wildman–Crippen MR) is 89.8 cm³/mol. The molecule has 9 heteroatoms. The van der Waals surface area contributed by atoms with Crippen LogP contribution in [-0.2, 0) is 9.53 Å². The number of amides is 2. The van der Waals surface area contributed by atoms with Gasteiger partial charge in [0.1, 0.15) is 0 Å². The number of hydrazine groups is 1. The Labute approximate surface area is 147 Å². The summed E-state index contributed by atoms with van der Waals surface area (Å²) in [6, 6.07) is 7.81. The first-order chi connectivity index (χ1) is 12.0. The van der Waals surface area contributed by atoms with Crippen LogP contribution in [-0.4, -0.2) is 38.6 Å². The lowest BCUT2D eigenvalue weighted by Crippen LogP contribution is -2.43. The second-order valence-electron chi connectivity index (χ2n) is 4.63. The summed E-state index contributed by atoms with van der Waals surface area (Å²) in [4.78, 5) is 35.7. The highest BCUT2D eigenvalue weighted by Crippen LogP contribution is 2.27. The number of nitrogens with one attached hydrogen (secondary N) is 2. The molecule has 0 fully saturated rings. The van der Waals surface area contributed by atoms with Crippen LogP contribution in [0.3, 0.4) is 0 Å². The van der Waals surface area contributed by atoms with Gasteiger partial charge in [0.15, 0.2) is 18.1 Å². The van der Waals surface area contributed by atoms with Crippen molar-refractivity contribution in [1.82, 2.24) is 10.9 Å². The van der Waals surface area contributed by atoms with E-state index in [9.17, 15) is 14.4 Å². The number of thiophene rings is 1. The van der Waals surface area contributed by atoms with Crippen LogP contribution in [0.2, 0.25) is 0 Å². The van der Waals surface area contributed by atoms with Crippen molar-refractivity contribution in [2.24, 2.45) is 0 Å². The minimum atomic E-state index is -0.708. The molecule has 2 amide bonds. The molecule has 0 aliphatic rings. The van der Waals surface area contributed by atoms with E-state index in [1.165, 1.54) is 37.7 Å². The molecular weight excluding hydrogens is 348 g/mol. The molecule has 0 saturated carbocycles. The molecule has 1 heterocycles. The lowest BCUT2D eigenvalue weighted by atomic mass is 10.2. The van der Waals surface area contributed by atoms with Crippen LogP contribution in [0.1, 0.15) is 20.0 Å². The Balaban J connectivity index is 1.83. The zero-order chi connectivity index (χ0) is 18.2. The third-order valence-electron chi connectivity index (χ3n) is 3.01. The Morgan fingerprint density at radius 3 is 2.44 bits per heavy atom. The number of carbonyl (C=O) groups excluding carboxylic acids is 3. The van der Waals surface area contributed by atoms with Gasteiger partial charge in [0.2, 0.25) is 0 Å². The van der Waals surface area contributed by atoms with Crippen molar-refractivity contribution < 1.29 is 28.6 Å². The average molecular weight is 364 g/mol. The highest BCUT2D eigenvalue weighted by molar-refractivity contribution is 7.12. The van der Waals surface area contributed by atoms with Crippen molar-refractivity contribution in [3.8, 4) is 11.5 Å². The van der Waals surface area contributed by atoms with Crippen LogP contribution in [0.25, 0.3) is 0 Å². The van der Waals surface area contributed by atoms with Crippen molar-refractivity contribution in [3.05, 3.63) is 46.2 Å². The maximum absolute atomic E-state index is 12.0. The number of hydrogen-bond donors (Lipinski definition) is 2. The maximum Gasteiger partial charge on any atom is 0.338 e. The van der Waals surface area contributed by atoms with Crippen LogP contribution in [0.5, 0.6) is 11.5 Å². The SMILES string of the molecule is COc1ccc(C(=O)OCC(=O)NNC(=O)c2cccs2)cc1OC. The van der Waals surface area contributed by atoms with Crippen LogP contribution in [0.4, 0.5) is 0 Å². The third kappa shape index (κ3) is 4.95. The maximum atomic E-state index is 12.0. The smallest absolute Gasteiger partial charge is 0.338 e. The van der Waals surface area contributed by atoms with Crippen molar-refractivity contribution in [3.63, 3.8) is 0 Å². The Kier molecular flexibility index (Phi) is 6.35. The average Bonchev–Trinajstić information content (AvgIpc) is 3.18. The standard InChI is InChI=1S/C16H16N2O6S/c1-22-11-6-5-10(8-12(11)23-2)16(21)24-9-14(19)17-18-15(20)13-4-3-7-25-13/h3-8H,9H2,1-2H3,(H,17,19)(H,18,20). The molecule has 0 saturated heterocycles. The molecule has 132 valence electrons. The first kappa shape index (κ1) is 18.3. The molecule has 1 aromatic heterocycles. The van der Waals surface area contributed by atoms with Crippen molar-refractivity contribution in [2.75, 3.05) is 20.8 Å². The monoisotopic (exact) mass is 364 g/mol. The lowest BCUT2D eigenvalue weighted by Gasteiger charge is -2.10. The van der Waals surface area contributed by atoms with Crippen molar-refractivity contribution in [1.29, 1.82) is 0 Å². The highest BCUT2D eigenvalue weighted by Gasteiger charge is 2.14. The number of carbonyl (C=O) groups is 3. The lowest BCUT2D eigenvalue weighted by molar-refractivity contribution is -0.125. The molecule has 2 rings (SSSR count). The minimum absolute atomic E-state index is 0.202. The molecule has 0 radical (unpaired) electrons. The van der Waals surface area contributed by atoms with Gasteiger partial charge < -0.3 is 14.2 Å². The van der Waals surface area contributed by atoms with E-state index >= 15 is 0 Å². The van der Waals surface area contributed by atoms with Crippen LogP contribution >= 0.6 is 11.3 Å². The van der Waals surface area contributed by atoms with E-state index in [0.717, 1.165) is 0 Å². The molecule has 0 bridgehead atoms. The fourth-order valence-electron chi connectivity index (χ4n) is 1.81. The van der Waals surface area contributed by atoms with Crippen molar-refractivity contribution in [2.45, 2.75) is 0 Å². The van der Waals surface area contributed by atoms with E-state index in [-0.39, 0.29) is 5.56 Å². The third-order valence-corrected chi connectivity index (χ3v) is 3.88. The number of ether oxygens (including phenoxy) is 3. The minimum Gasteiger partial charge on any atom is -0.493 e. The summed E-state index contributed by atoms with van der Waals surface area (Å²) in [6.07, 6.45) is 0. The molecule has 2 aromatic rings. The zero-order valence-electron chi connectivity index (χ0n) is 13.5. The number of methoxy groups -OCH3 is 2. The zero-order valence-corrected chi connectivity index (χ0v) is 14.3. The Bertz CT molecular complexity index is 760. The van der Waals surface area contributed by atoms with Gasteiger partial charge in [0, 0.05) is 0 Å². The van der Waals surface area contributed by atoms with Gasteiger partial charge >= 0.3 is 5.97 Å². The van der Waals surface area contributed by atoms with E-state index in [0.29, 0.717) is 16.4 Å². The van der Waals surface area contributed by atoms with Gasteiger partial charge in [-0.05, 0) is 29.6 Å². The van der Waals surface area contributed by atoms with Gasteiger partial charge in [-0.25, -0.2) is 4.79 Å². The quantitative estimate of drug-likeness (QED) is 0.593. The first-order valence-electron chi connectivity index (χ1n) is 7.07. The Morgan fingerprint density at radius 1 is 1.04 bits per heavy atom. The van der Waals surface area contributed by atoms with Gasteiger partial charge in [-0.1, -0.05) is 6.07 Å². The molecule has 0 atom stereocenters. The number of benzene rings is 1. The summed E-state index contributed by atoms with van der Waals surface area (Å²) < 4.78 is 15.1. The number of rotatable bonds is 6. The van der Waals surface area contributed by atoms with E-state index in [4.69, 9.17) is 14.2 Å². The Morgan fingerprint density at radius 2 is 1.80 bits per heavy atom.